The summed E-state index contributed by atoms with van der Waals surface area (Å²) >= 11 is 6.30. The number of aromatic nitrogens is 3. The Balaban J connectivity index is 1.88. The molecule has 2 heterocycles. The molecule has 3 aromatic rings. The average molecular weight is 401 g/mol. The van der Waals surface area contributed by atoms with Crippen molar-refractivity contribution in [2.24, 2.45) is 0 Å². The third-order valence-electron chi connectivity index (χ3n) is 3.99. The molecule has 0 saturated carbocycles. The first-order valence-electron chi connectivity index (χ1n) is 8.68. The monoisotopic (exact) mass is 400 g/mol. The Bertz CT molecular complexity index is 988. The number of halogens is 1. The summed E-state index contributed by atoms with van der Waals surface area (Å²) in [5.74, 6) is 1.05. The normalized spacial score (nSPS) is 10.6. The molecule has 146 valence electrons. The van der Waals surface area contributed by atoms with Crippen molar-refractivity contribution in [3.05, 3.63) is 58.9 Å². The van der Waals surface area contributed by atoms with E-state index >= 15 is 0 Å². The Hall–Kier alpha value is -3.10. The summed E-state index contributed by atoms with van der Waals surface area (Å²) < 4.78 is 1.67. The summed E-state index contributed by atoms with van der Waals surface area (Å²) in [5, 5.41) is 22.9. The lowest BCUT2D eigenvalue weighted by molar-refractivity contribution is 0.0964. The molecule has 8 nitrogen and oxygen atoms in total. The third kappa shape index (κ3) is 4.41. The summed E-state index contributed by atoms with van der Waals surface area (Å²) in [7, 11) is 1.58. The van der Waals surface area contributed by atoms with Gasteiger partial charge in [0.05, 0.1) is 47.0 Å². The smallest absolute Gasteiger partial charge is 0.253 e. The number of hydrogen-bond acceptors (Lipinski definition) is 6. The van der Waals surface area contributed by atoms with Crippen molar-refractivity contribution < 1.29 is 9.90 Å². The molecule has 0 aliphatic carbocycles. The molecule has 0 radical (unpaired) electrons. The average Bonchev–Trinajstić information content (AvgIpc) is 3.03. The molecule has 3 rings (SSSR count). The number of hydrogen-bond donors (Lipinski definition) is 4. The number of anilines is 4. The highest BCUT2D eigenvalue weighted by Gasteiger charge is 2.12. The molecule has 1 amide bonds. The van der Waals surface area contributed by atoms with Gasteiger partial charge in [-0.15, -0.1) is 0 Å². The second-order valence-corrected chi connectivity index (χ2v) is 6.45. The van der Waals surface area contributed by atoms with Crippen molar-refractivity contribution in [2.75, 3.05) is 24.3 Å². The topological polar surface area (TPSA) is 104 Å². The number of amides is 1. The second-order valence-electron chi connectivity index (χ2n) is 6.04. The molecule has 28 heavy (non-hydrogen) atoms. The van der Waals surface area contributed by atoms with E-state index < -0.39 is 0 Å². The van der Waals surface area contributed by atoms with Crippen molar-refractivity contribution in [3.63, 3.8) is 0 Å². The van der Waals surface area contributed by atoms with Gasteiger partial charge in [0.15, 0.2) is 0 Å². The van der Waals surface area contributed by atoms with Crippen LogP contribution in [-0.4, -0.2) is 39.4 Å². The number of carbonyl (C=O) groups is 1. The van der Waals surface area contributed by atoms with Gasteiger partial charge in [0.25, 0.3) is 5.91 Å². The van der Waals surface area contributed by atoms with Gasteiger partial charge >= 0.3 is 0 Å². The lowest BCUT2D eigenvalue weighted by Crippen LogP contribution is -2.19. The van der Waals surface area contributed by atoms with E-state index in [1.807, 2.05) is 19.1 Å². The van der Waals surface area contributed by atoms with Gasteiger partial charge in [-0.2, -0.15) is 5.10 Å². The Labute approximate surface area is 167 Å². The van der Waals surface area contributed by atoms with E-state index in [4.69, 9.17) is 11.6 Å². The van der Waals surface area contributed by atoms with Crippen LogP contribution in [-0.2, 0) is 6.54 Å². The molecule has 4 N–H and O–H groups in total. The van der Waals surface area contributed by atoms with E-state index in [1.165, 1.54) is 6.20 Å². The highest BCUT2D eigenvalue weighted by atomic mass is 35.5. The Morgan fingerprint density at radius 3 is 2.75 bits per heavy atom. The minimum absolute atomic E-state index is 0.0209. The number of nitrogens with zero attached hydrogens (tertiary/aromatic N) is 3. The minimum Gasteiger partial charge on any atom is -0.394 e. The molecule has 0 saturated heterocycles. The highest BCUT2D eigenvalue weighted by Crippen LogP contribution is 2.29. The quantitative estimate of drug-likeness (QED) is 0.486. The van der Waals surface area contributed by atoms with Gasteiger partial charge in [0, 0.05) is 19.2 Å². The zero-order chi connectivity index (χ0) is 20.1. The lowest BCUT2D eigenvalue weighted by atomic mass is 10.1. The van der Waals surface area contributed by atoms with Crippen LogP contribution in [0.3, 0.4) is 0 Å². The van der Waals surface area contributed by atoms with Crippen molar-refractivity contribution in [1.82, 2.24) is 20.1 Å². The lowest BCUT2D eigenvalue weighted by Gasteiger charge is -2.14. The standard InChI is InChI=1S/C19H21ClN6O2/c1-12-9-18(26(25-12)7-8-27)24-17-10-16(14(20)11-22-17)23-15-6-4-3-5-13(15)19(28)21-2/h3-6,9-11,27H,7-8H2,1-2H3,(H,21,28)(H2,22,23,24). The van der Waals surface area contributed by atoms with Gasteiger partial charge in [0.2, 0.25) is 0 Å². The van der Waals surface area contributed by atoms with E-state index in [-0.39, 0.29) is 12.5 Å². The SMILES string of the molecule is CNC(=O)c1ccccc1Nc1cc(Nc2cc(C)nn2CCO)ncc1Cl. The molecule has 1 aromatic carbocycles. The van der Waals surface area contributed by atoms with E-state index in [9.17, 15) is 9.90 Å². The molecule has 0 aliphatic heterocycles. The molecular formula is C19H21ClN6O2. The zero-order valence-corrected chi connectivity index (χ0v) is 16.3. The minimum atomic E-state index is -0.199. The predicted octanol–water partition coefficient (Wildman–Crippen LogP) is 3.08. The Kier molecular flexibility index (Phi) is 6.13. The van der Waals surface area contributed by atoms with Gasteiger partial charge in [-0.1, -0.05) is 23.7 Å². The summed E-state index contributed by atoms with van der Waals surface area (Å²) in [4.78, 5) is 16.4. The van der Waals surface area contributed by atoms with Crippen LogP contribution < -0.4 is 16.0 Å². The molecule has 0 aliphatic rings. The first kappa shape index (κ1) is 19.7. The Morgan fingerprint density at radius 2 is 2.00 bits per heavy atom. The van der Waals surface area contributed by atoms with Crippen molar-refractivity contribution in [1.29, 1.82) is 0 Å². The number of nitrogens with one attached hydrogen (secondary N) is 3. The molecule has 9 heteroatoms. The zero-order valence-electron chi connectivity index (χ0n) is 15.5. The molecule has 0 unspecified atom stereocenters. The van der Waals surface area contributed by atoms with Gasteiger partial charge < -0.3 is 21.1 Å². The van der Waals surface area contributed by atoms with Crippen LogP contribution in [0.25, 0.3) is 0 Å². The van der Waals surface area contributed by atoms with E-state index in [0.29, 0.717) is 40.1 Å². The summed E-state index contributed by atoms with van der Waals surface area (Å²) in [6.07, 6.45) is 1.52. The first-order valence-corrected chi connectivity index (χ1v) is 9.05. The van der Waals surface area contributed by atoms with Gasteiger partial charge in [0.1, 0.15) is 11.6 Å². The number of aliphatic hydroxyl groups excluding tert-OH is 1. The van der Waals surface area contributed by atoms with E-state index in [0.717, 1.165) is 5.69 Å². The molecule has 2 aromatic heterocycles. The first-order chi connectivity index (χ1) is 13.5. The molecular weight excluding hydrogens is 380 g/mol. The summed E-state index contributed by atoms with van der Waals surface area (Å²) in [5.41, 5.74) is 2.55. The van der Waals surface area contributed by atoms with Crippen molar-refractivity contribution in [3.8, 4) is 0 Å². The Morgan fingerprint density at radius 1 is 1.21 bits per heavy atom. The van der Waals surface area contributed by atoms with E-state index in [1.54, 1.807) is 36.0 Å². The number of pyridine rings is 1. The molecule has 0 spiro atoms. The van der Waals surface area contributed by atoms with Crippen LogP contribution in [0.15, 0.2) is 42.6 Å². The molecule has 0 atom stereocenters. The maximum absolute atomic E-state index is 12.1. The number of aryl methyl sites for hydroxylation is 1. The van der Waals surface area contributed by atoms with Crippen LogP contribution in [0.2, 0.25) is 5.02 Å². The fraction of sp³-hybridized carbons (Fsp3) is 0.211. The molecule has 0 fully saturated rings. The largest absolute Gasteiger partial charge is 0.394 e. The van der Waals surface area contributed by atoms with Crippen LogP contribution >= 0.6 is 11.6 Å². The highest BCUT2D eigenvalue weighted by molar-refractivity contribution is 6.33. The second kappa shape index (κ2) is 8.73. The van der Waals surface area contributed by atoms with E-state index in [2.05, 4.69) is 26.0 Å². The molecule has 0 bridgehead atoms. The number of para-hydroxylation sites is 1. The van der Waals surface area contributed by atoms with Crippen LogP contribution in [0.1, 0.15) is 16.1 Å². The fourth-order valence-electron chi connectivity index (χ4n) is 2.72. The van der Waals surface area contributed by atoms with Gasteiger partial charge in [-0.3, -0.25) is 4.79 Å². The number of aliphatic hydroxyl groups is 1. The van der Waals surface area contributed by atoms with Crippen LogP contribution in [0, 0.1) is 6.92 Å². The fourth-order valence-corrected chi connectivity index (χ4v) is 2.87. The van der Waals surface area contributed by atoms with Crippen molar-refractivity contribution >= 4 is 40.5 Å². The van der Waals surface area contributed by atoms with Gasteiger partial charge in [-0.05, 0) is 19.1 Å². The third-order valence-corrected chi connectivity index (χ3v) is 4.29. The van der Waals surface area contributed by atoms with Crippen molar-refractivity contribution in [2.45, 2.75) is 13.5 Å². The predicted molar refractivity (Wildman–Crippen MR) is 110 cm³/mol. The summed E-state index contributed by atoms with van der Waals surface area (Å²) in [6, 6.07) is 10.8. The number of rotatable bonds is 7. The number of benzene rings is 1. The maximum Gasteiger partial charge on any atom is 0.253 e. The maximum atomic E-state index is 12.1. The number of carbonyl (C=O) groups excluding carboxylic acids is 1. The summed E-state index contributed by atoms with van der Waals surface area (Å²) in [6.45, 7) is 2.22. The van der Waals surface area contributed by atoms with Crippen LogP contribution in [0.5, 0.6) is 0 Å². The van der Waals surface area contributed by atoms with Crippen LogP contribution in [0.4, 0.5) is 23.0 Å². The van der Waals surface area contributed by atoms with Gasteiger partial charge in [-0.25, -0.2) is 9.67 Å².